The second-order valence-corrected chi connectivity index (χ2v) is 8.11. The minimum Gasteiger partial charge on any atom is -0.349 e. The van der Waals surface area contributed by atoms with Gasteiger partial charge in [0.15, 0.2) is 10.9 Å². The lowest BCUT2D eigenvalue weighted by Crippen LogP contribution is -2.23. The summed E-state index contributed by atoms with van der Waals surface area (Å²) in [5, 5.41) is 8.22. The van der Waals surface area contributed by atoms with Crippen molar-refractivity contribution in [2.24, 2.45) is 0 Å². The number of carbonyl (C=O) groups excluding carboxylic acids is 1. The van der Waals surface area contributed by atoms with Gasteiger partial charge < -0.3 is 10.2 Å². The number of nitrogens with zero attached hydrogens (tertiary/aromatic N) is 5. The van der Waals surface area contributed by atoms with E-state index in [1.54, 1.807) is 28.4 Å². The average Bonchev–Trinajstić information content (AvgIpc) is 3.44. The predicted octanol–water partition coefficient (Wildman–Crippen LogP) is 3.71. The monoisotopic (exact) mass is 412 g/mol. The summed E-state index contributed by atoms with van der Waals surface area (Å²) in [4.78, 5) is 25.5. The number of fused-ring (bicyclic) bond motifs is 1. The van der Waals surface area contributed by atoms with Crippen LogP contribution in [0.15, 0.2) is 42.9 Å². The lowest BCUT2D eigenvalue weighted by molar-refractivity contribution is 0.0955. The minimum atomic E-state index is -0.102. The number of pyridine rings is 1. The van der Waals surface area contributed by atoms with Crippen LogP contribution in [0.2, 0.25) is 0 Å². The summed E-state index contributed by atoms with van der Waals surface area (Å²) in [5.74, 6) is 0.611. The number of hydrogen-bond acceptors (Lipinski definition) is 7. The standard InChI is InChI=1S/C19H20N6OS2/c1-3-24(4-2)19-23-18-15(28-19)11-14(27-18)17(26)21-12-13-7-5-8-20-16(13)25-10-6-9-22-25/h5-11H,3-4,12H2,1-2H3,(H,21,26). The van der Waals surface area contributed by atoms with Crippen molar-refractivity contribution < 1.29 is 4.79 Å². The summed E-state index contributed by atoms with van der Waals surface area (Å²) in [6, 6.07) is 7.57. The van der Waals surface area contributed by atoms with E-state index in [0.29, 0.717) is 17.2 Å². The molecule has 0 aliphatic heterocycles. The fraction of sp³-hybridized carbons (Fsp3) is 0.263. The topological polar surface area (TPSA) is 75.9 Å². The lowest BCUT2D eigenvalue weighted by Gasteiger charge is -2.16. The fourth-order valence-electron chi connectivity index (χ4n) is 2.90. The Bertz CT molecular complexity index is 1050. The molecule has 4 aromatic heterocycles. The van der Waals surface area contributed by atoms with Gasteiger partial charge in [0.2, 0.25) is 0 Å². The molecule has 0 saturated heterocycles. The van der Waals surface area contributed by atoms with Gasteiger partial charge in [-0.05, 0) is 32.0 Å². The second-order valence-electron chi connectivity index (χ2n) is 6.07. The van der Waals surface area contributed by atoms with Gasteiger partial charge >= 0.3 is 0 Å². The van der Waals surface area contributed by atoms with E-state index in [1.807, 2.05) is 30.5 Å². The van der Waals surface area contributed by atoms with Gasteiger partial charge in [0, 0.05) is 43.8 Å². The van der Waals surface area contributed by atoms with Crippen LogP contribution in [0.25, 0.3) is 15.3 Å². The average molecular weight is 413 g/mol. The summed E-state index contributed by atoms with van der Waals surface area (Å²) < 4.78 is 2.75. The van der Waals surface area contributed by atoms with Crippen LogP contribution in [0.5, 0.6) is 0 Å². The Morgan fingerprint density at radius 1 is 1.21 bits per heavy atom. The first-order valence-corrected chi connectivity index (χ1v) is 10.7. The van der Waals surface area contributed by atoms with Gasteiger partial charge in [-0.25, -0.2) is 14.6 Å². The molecule has 0 unspecified atom stereocenters. The number of aromatic nitrogens is 4. The third kappa shape index (κ3) is 3.63. The van der Waals surface area contributed by atoms with Crippen LogP contribution in [0.1, 0.15) is 29.1 Å². The Morgan fingerprint density at radius 3 is 2.79 bits per heavy atom. The molecule has 9 heteroatoms. The zero-order chi connectivity index (χ0) is 19.5. The van der Waals surface area contributed by atoms with Crippen molar-refractivity contribution >= 4 is 43.2 Å². The number of amides is 1. The Hall–Kier alpha value is -2.78. The molecule has 144 valence electrons. The van der Waals surface area contributed by atoms with Crippen LogP contribution in [0.3, 0.4) is 0 Å². The van der Waals surface area contributed by atoms with E-state index in [4.69, 9.17) is 0 Å². The quantitative estimate of drug-likeness (QED) is 0.501. The van der Waals surface area contributed by atoms with Crippen LogP contribution in [-0.4, -0.2) is 38.7 Å². The van der Waals surface area contributed by atoms with E-state index in [2.05, 4.69) is 39.1 Å². The molecule has 1 N–H and O–H groups in total. The molecule has 4 aromatic rings. The maximum absolute atomic E-state index is 12.6. The van der Waals surface area contributed by atoms with Crippen molar-refractivity contribution in [2.45, 2.75) is 20.4 Å². The number of nitrogens with one attached hydrogen (secondary N) is 1. The van der Waals surface area contributed by atoms with Gasteiger partial charge in [0.1, 0.15) is 4.83 Å². The van der Waals surface area contributed by atoms with Gasteiger partial charge in [-0.1, -0.05) is 17.4 Å². The van der Waals surface area contributed by atoms with Crippen molar-refractivity contribution in [1.82, 2.24) is 25.1 Å². The Balaban J connectivity index is 1.48. The summed E-state index contributed by atoms with van der Waals surface area (Å²) in [6.45, 7) is 6.47. The molecule has 0 fully saturated rings. The molecule has 0 bridgehead atoms. The van der Waals surface area contributed by atoms with Crippen molar-refractivity contribution in [3.8, 4) is 5.82 Å². The molecule has 0 saturated carbocycles. The highest BCUT2D eigenvalue weighted by atomic mass is 32.1. The van der Waals surface area contributed by atoms with E-state index < -0.39 is 0 Å². The van der Waals surface area contributed by atoms with Crippen LogP contribution in [-0.2, 0) is 6.54 Å². The maximum Gasteiger partial charge on any atom is 0.261 e. The minimum absolute atomic E-state index is 0.102. The van der Waals surface area contributed by atoms with Crippen LogP contribution < -0.4 is 10.2 Å². The van der Waals surface area contributed by atoms with E-state index >= 15 is 0 Å². The molecule has 28 heavy (non-hydrogen) atoms. The molecule has 0 aliphatic carbocycles. The molecule has 0 aliphatic rings. The summed E-state index contributed by atoms with van der Waals surface area (Å²) in [5.41, 5.74) is 0.903. The van der Waals surface area contributed by atoms with Gasteiger partial charge in [0.25, 0.3) is 5.91 Å². The Labute approximate surface area is 170 Å². The molecule has 4 rings (SSSR count). The molecule has 1 amide bonds. The molecular weight excluding hydrogens is 392 g/mol. The molecule has 0 atom stereocenters. The highest BCUT2D eigenvalue weighted by Gasteiger charge is 2.16. The first kappa shape index (κ1) is 18.6. The van der Waals surface area contributed by atoms with Crippen LogP contribution >= 0.6 is 22.7 Å². The van der Waals surface area contributed by atoms with Gasteiger partial charge in [-0.2, -0.15) is 5.10 Å². The molecule has 4 heterocycles. The molecule has 7 nitrogen and oxygen atoms in total. The third-order valence-electron chi connectivity index (χ3n) is 4.36. The van der Waals surface area contributed by atoms with E-state index in [9.17, 15) is 4.79 Å². The van der Waals surface area contributed by atoms with Crippen LogP contribution in [0, 0.1) is 0 Å². The normalized spacial score (nSPS) is 11.1. The summed E-state index contributed by atoms with van der Waals surface area (Å²) >= 11 is 3.06. The van der Waals surface area contributed by atoms with Crippen molar-refractivity contribution in [1.29, 1.82) is 0 Å². The number of thiazole rings is 1. The first-order valence-electron chi connectivity index (χ1n) is 9.07. The highest BCUT2D eigenvalue weighted by molar-refractivity contribution is 7.29. The molecule has 0 aromatic carbocycles. The number of rotatable bonds is 7. The van der Waals surface area contributed by atoms with Crippen molar-refractivity contribution in [2.75, 3.05) is 18.0 Å². The van der Waals surface area contributed by atoms with Gasteiger partial charge in [-0.3, -0.25) is 4.79 Å². The van der Waals surface area contributed by atoms with Crippen molar-refractivity contribution in [3.63, 3.8) is 0 Å². The Morgan fingerprint density at radius 2 is 2.07 bits per heavy atom. The Kier molecular flexibility index (Phi) is 5.36. The molecule has 0 spiro atoms. The zero-order valence-electron chi connectivity index (χ0n) is 15.6. The fourth-order valence-corrected chi connectivity index (χ4v) is 5.15. The SMILES string of the molecule is CCN(CC)c1nc2sc(C(=O)NCc3cccnc3-n3cccn3)cc2s1. The largest absolute Gasteiger partial charge is 0.349 e. The first-order chi connectivity index (χ1) is 13.7. The predicted molar refractivity (Wildman–Crippen MR) is 114 cm³/mol. The van der Waals surface area contributed by atoms with E-state index in [0.717, 1.165) is 33.3 Å². The van der Waals surface area contributed by atoms with E-state index in [-0.39, 0.29) is 5.91 Å². The number of hydrogen-bond donors (Lipinski definition) is 1. The zero-order valence-corrected chi connectivity index (χ0v) is 17.3. The van der Waals surface area contributed by atoms with Crippen molar-refractivity contribution in [3.05, 3.63) is 53.3 Å². The third-order valence-corrected chi connectivity index (χ3v) is 6.58. The lowest BCUT2D eigenvalue weighted by atomic mass is 10.2. The van der Waals surface area contributed by atoms with Gasteiger partial charge in [0.05, 0.1) is 9.58 Å². The number of anilines is 1. The van der Waals surface area contributed by atoms with Gasteiger partial charge in [-0.15, -0.1) is 11.3 Å². The summed E-state index contributed by atoms with van der Waals surface area (Å²) in [6.07, 6.45) is 5.25. The summed E-state index contributed by atoms with van der Waals surface area (Å²) in [7, 11) is 0. The maximum atomic E-state index is 12.6. The van der Waals surface area contributed by atoms with E-state index in [1.165, 1.54) is 11.3 Å². The number of thiophene rings is 1. The highest BCUT2D eigenvalue weighted by Crippen LogP contribution is 2.34. The smallest absolute Gasteiger partial charge is 0.261 e. The van der Waals surface area contributed by atoms with Crippen LogP contribution in [0.4, 0.5) is 5.13 Å². The second kappa shape index (κ2) is 8.07. The molecule has 0 radical (unpaired) electrons. The number of carbonyl (C=O) groups is 1. The molecular formula is C19H20N6OS2.